The topological polar surface area (TPSA) is 49.8 Å². The molecule has 1 aliphatic carbocycles. The second-order valence-electron chi connectivity index (χ2n) is 5.84. The monoisotopic (exact) mass is 251 g/mol. The number of fused-ring (bicyclic) bond motifs is 1. The number of amides is 1. The summed E-state index contributed by atoms with van der Waals surface area (Å²) < 4.78 is 5.37. The first-order chi connectivity index (χ1) is 8.40. The van der Waals surface area contributed by atoms with Crippen LogP contribution in [0.3, 0.4) is 0 Å². The predicted octanol–water partition coefficient (Wildman–Crippen LogP) is 2.25. The van der Waals surface area contributed by atoms with E-state index in [1.54, 1.807) is 4.90 Å². The molecule has 1 fully saturated rings. The molecule has 0 atom stereocenters. The molecule has 0 radical (unpaired) electrons. The van der Waals surface area contributed by atoms with Crippen molar-refractivity contribution in [2.45, 2.75) is 39.2 Å². The van der Waals surface area contributed by atoms with E-state index in [1.807, 2.05) is 20.8 Å². The van der Waals surface area contributed by atoms with Crippen molar-refractivity contribution in [3.63, 3.8) is 0 Å². The van der Waals surface area contributed by atoms with E-state index in [9.17, 15) is 9.90 Å². The minimum Gasteiger partial charge on any atom is -0.444 e. The van der Waals surface area contributed by atoms with Crippen LogP contribution < -0.4 is 0 Å². The number of rotatable bonds is 1. The van der Waals surface area contributed by atoms with Gasteiger partial charge in [0.25, 0.3) is 0 Å². The lowest BCUT2D eigenvalue weighted by Crippen LogP contribution is -2.35. The van der Waals surface area contributed by atoms with Crippen molar-refractivity contribution < 1.29 is 14.6 Å². The van der Waals surface area contributed by atoms with E-state index < -0.39 is 5.60 Å². The molecular weight excluding hydrogens is 230 g/mol. The van der Waals surface area contributed by atoms with Crippen LogP contribution in [0.15, 0.2) is 22.8 Å². The minimum absolute atomic E-state index is 0.0921. The maximum atomic E-state index is 12.0. The molecule has 1 aliphatic heterocycles. The van der Waals surface area contributed by atoms with E-state index in [1.165, 1.54) is 5.57 Å². The van der Waals surface area contributed by atoms with Gasteiger partial charge in [0.2, 0.25) is 0 Å². The third kappa shape index (κ3) is 2.75. The number of nitrogens with zero attached hydrogens (tertiary/aromatic N) is 1. The molecule has 0 spiro atoms. The number of allylic oxidation sites excluding steroid dienone is 1. The van der Waals surface area contributed by atoms with Crippen molar-refractivity contribution in [1.82, 2.24) is 4.90 Å². The Balaban J connectivity index is 2.10. The van der Waals surface area contributed by atoms with Crippen molar-refractivity contribution in [2.75, 3.05) is 19.7 Å². The average molecular weight is 251 g/mol. The van der Waals surface area contributed by atoms with Gasteiger partial charge in [0.05, 0.1) is 6.61 Å². The molecule has 0 aromatic heterocycles. The van der Waals surface area contributed by atoms with Crippen LogP contribution in [0.25, 0.3) is 0 Å². The van der Waals surface area contributed by atoms with Gasteiger partial charge in [0, 0.05) is 13.1 Å². The Morgan fingerprint density at radius 3 is 2.78 bits per heavy atom. The lowest BCUT2D eigenvalue weighted by atomic mass is 9.93. The standard InChI is InChI=1S/C14H21NO3/c1-14(2,3)18-13(17)15-7-10-5-4-6-11(9-16)12(10)8-15/h5,16H,4,6-9H2,1-3H3. The van der Waals surface area contributed by atoms with E-state index in [-0.39, 0.29) is 12.7 Å². The lowest BCUT2D eigenvalue weighted by Gasteiger charge is -2.23. The number of aliphatic hydroxyl groups is 1. The van der Waals surface area contributed by atoms with Gasteiger partial charge in [-0.3, -0.25) is 4.90 Å². The van der Waals surface area contributed by atoms with E-state index in [0.29, 0.717) is 13.1 Å². The fourth-order valence-electron chi connectivity index (χ4n) is 2.38. The molecule has 0 aromatic carbocycles. The van der Waals surface area contributed by atoms with E-state index >= 15 is 0 Å². The molecule has 1 saturated heterocycles. The first-order valence-electron chi connectivity index (χ1n) is 6.40. The van der Waals surface area contributed by atoms with Crippen LogP contribution in [0.2, 0.25) is 0 Å². The summed E-state index contributed by atoms with van der Waals surface area (Å²) in [6.45, 7) is 6.86. The Morgan fingerprint density at radius 1 is 1.44 bits per heavy atom. The molecule has 0 bridgehead atoms. The van der Waals surface area contributed by atoms with Crippen LogP contribution >= 0.6 is 0 Å². The van der Waals surface area contributed by atoms with Crippen molar-refractivity contribution in [1.29, 1.82) is 0 Å². The molecule has 1 N–H and O–H groups in total. The summed E-state index contributed by atoms with van der Waals surface area (Å²) in [5.74, 6) is 0. The van der Waals surface area contributed by atoms with Gasteiger partial charge in [0.1, 0.15) is 5.60 Å². The summed E-state index contributed by atoms with van der Waals surface area (Å²) in [5.41, 5.74) is 2.91. The average Bonchev–Trinajstić information content (AvgIpc) is 2.70. The van der Waals surface area contributed by atoms with Crippen LogP contribution in [0.4, 0.5) is 4.79 Å². The third-order valence-corrected chi connectivity index (χ3v) is 3.20. The maximum Gasteiger partial charge on any atom is 0.410 e. The van der Waals surface area contributed by atoms with Crippen molar-refractivity contribution in [3.05, 3.63) is 22.8 Å². The normalized spacial score (nSPS) is 19.8. The van der Waals surface area contributed by atoms with Crippen molar-refractivity contribution >= 4 is 6.09 Å². The number of hydrogen-bond acceptors (Lipinski definition) is 3. The molecule has 0 saturated carbocycles. The first kappa shape index (κ1) is 13.1. The van der Waals surface area contributed by atoms with E-state index in [0.717, 1.165) is 24.0 Å². The fourth-order valence-corrected chi connectivity index (χ4v) is 2.38. The summed E-state index contributed by atoms with van der Waals surface area (Å²) in [4.78, 5) is 13.7. The van der Waals surface area contributed by atoms with Gasteiger partial charge >= 0.3 is 6.09 Å². The molecule has 0 unspecified atom stereocenters. The molecule has 2 aliphatic rings. The van der Waals surface area contributed by atoms with E-state index in [4.69, 9.17) is 4.74 Å². The Bertz CT molecular complexity index is 415. The van der Waals surface area contributed by atoms with Gasteiger partial charge in [-0.2, -0.15) is 0 Å². The number of aliphatic hydroxyl groups excluding tert-OH is 1. The summed E-state index contributed by atoms with van der Waals surface area (Å²) in [5, 5.41) is 9.33. The summed E-state index contributed by atoms with van der Waals surface area (Å²) in [6, 6.07) is 0. The van der Waals surface area contributed by atoms with E-state index in [2.05, 4.69) is 6.08 Å². The second kappa shape index (κ2) is 4.76. The van der Waals surface area contributed by atoms with Crippen LogP contribution in [0.1, 0.15) is 33.6 Å². The quantitative estimate of drug-likeness (QED) is 0.777. The summed E-state index contributed by atoms with van der Waals surface area (Å²) in [7, 11) is 0. The summed E-state index contributed by atoms with van der Waals surface area (Å²) in [6.07, 6.45) is 3.75. The highest BCUT2D eigenvalue weighted by Crippen LogP contribution is 2.32. The molecule has 2 rings (SSSR count). The molecule has 18 heavy (non-hydrogen) atoms. The minimum atomic E-state index is -0.465. The number of carbonyl (C=O) groups excluding carboxylic acids is 1. The molecule has 4 heteroatoms. The van der Waals surface area contributed by atoms with Crippen molar-refractivity contribution in [2.24, 2.45) is 0 Å². The van der Waals surface area contributed by atoms with Crippen LogP contribution in [-0.4, -0.2) is 41.4 Å². The Labute approximate surface area is 108 Å². The predicted molar refractivity (Wildman–Crippen MR) is 69.2 cm³/mol. The Kier molecular flexibility index (Phi) is 3.48. The highest BCUT2D eigenvalue weighted by atomic mass is 16.6. The Morgan fingerprint density at radius 2 is 2.17 bits per heavy atom. The number of carbonyl (C=O) groups is 1. The molecule has 1 amide bonds. The van der Waals surface area contributed by atoms with Gasteiger partial charge in [-0.1, -0.05) is 6.08 Å². The zero-order valence-corrected chi connectivity index (χ0v) is 11.3. The molecule has 4 nitrogen and oxygen atoms in total. The van der Waals surface area contributed by atoms with Gasteiger partial charge in [-0.05, 0) is 50.3 Å². The zero-order chi connectivity index (χ0) is 13.3. The van der Waals surface area contributed by atoms with Gasteiger partial charge < -0.3 is 9.84 Å². The third-order valence-electron chi connectivity index (χ3n) is 3.20. The Hall–Kier alpha value is -1.29. The maximum absolute atomic E-state index is 12.0. The largest absolute Gasteiger partial charge is 0.444 e. The highest BCUT2D eigenvalue weighted by molar-refractivity contribution is 5.71. The molecule has 100 valence electrons. The fraction of sp³-hybridized carbons (Fsp3) is 0.643. The van der Waals surface area contributed by atoms with Crippen LogP contribution in [-0.2, 0) is 4.74 Å². The number of likely N-dealkylation sites (tertiary alicyclic amines) is 1. The van der Waals surface area contributed by atoms with Crippen LogP contribution in [0.5, 0.6) is 0 Å². The lowest BCUT2D eigenvalue weighted by molar-refractivity contribution is 0.0305. The number of ether oxygens (including phenoxy) is 1. The van der Waals surface area contributed by atoms with Crippen molar-refractivity contribution in [3.8, 4) is 0 Å². The smallest absolute Gasteiger partial charge is 0.410 e. The SMILES string of the molecule is CC(C)(C)OC(=O)N1CC2=CCCC(CO)=C2C1. The number of hydrogen-bond donors (Lipinski definition) is 1. The molecule has 0 aromatic rings. The van der Waals surface area contributed by atoms with Crippen LogP contribution in [0, 0.1) is 0 Å². The molecule has 1 heterocycles. The van der Waals surface area contributed by atoms with Gasteiger partial charge in [-0.15, -0.1) is 0 Å². The van der Waals surface area contributed by atoms with Gasteiger partial charge in [0.15, 0.2) is 0 Å². The molecular formula is C14H21NO3. The highest BCUT2D eigenvalue weighted by Gasteiger charge is 2.31. The first-order valence-corrected chi connectivity index (χ1v) is 6.40. The second-order valence-corrected chi connectivity index (χ2v) is 5.84. The summed E-state index contributed by atoms with van der Waals surface area (Å²) >= 11 is 0. The van der Waals surface area contributed by atoms with Gasteiger partial charge in [-0.25, -0.2) is 4.79 Å². The zero-order valence-electron chi connectivity index (χ0n) is 11.3.